The lowest BCUT2D eigenvalue weighted by Gasteiger charge is -2.35. The molecule has 1 fully saturated rings. The van der Waals surface area contributed by atoms with Crippen LogP contribution in [0.1, 0.15) is 65.2 Å². The summed E-state index contributed by atoms with van der Waals surface area (Å²) in [7, 11) is 0. The number of hydrogen-bond donors (Lipinski definition) is 2. The Morgan fingerprint density at radius 1 is 1.00 bits per heavy atom. The second kappa shape index (κ2) is 11.5. The van der Waals surface area contributed by atoms with Crippen LogP contribution >= 0.6 is 0 Å². The Morgan fingerprint density at radius 2 is 1.60 bits per heavy atom. The molecular weight excluding hydrogens is 320 g/mol. The fourth-order valence-electron chi connectivity index (χ4n) is 3.65. The van der Waals surface area contributed by atoms with E-state index in [1.807, 2.05) is 0 Å². The second-order valence-corrected chi connectivity index (χ2v) is 7.82. The third-order valence-corrected chi connectivity index (χ3v) is 5.07. The molecule has 146 valence electrons. The second-order valence-electron chi connectivity index (χ2n) is 7.82. The summed E-state index contributed by atoms with van der Waals surface area (Å²) in [6, 6.07) is 0. The van der Waals surface area contributed by atoms with E-state index in [0.717, 1.165) is 32.1 Å². The zero-order chi connectivity index (χ0) is 18.7. The van der Waals surface area contributed by atoms with Gasteiger partial charge < -0.3 is 20.9 Å². The van der Waals surface area contributed by atoms with Crippen molar-refractivity contribution in [1.82, 2.24) is 0 Å². The molecule has 0 aromatic heterocycles. The fraction of sp³-hybridized carbons (Fsp3) is 0.895. The van der Waals surface area contributed by atoms with Crippen molar-refractivity contribution in [2.24, 2.45) is 28.7 Å². The minimum absolute atomic E-state index is 0.0964. The largest absolute Gasteiger partial charge is 0.462 e. The summed E-state index contributed by atoms with van der Waals surface area (Å²) in [4.78, 5) is 23.8. The third-order valence-electron chi connectivity index (χ3n) is 5.07. The number of esters is 2. The summed E-state index contributed by atoms with van der Waals surface area (Å²) >= 11 is 0. The highest BCUT2D eigenvalue weighted by atomic mass is 16.6. The molecule has 0 radical (unpaired) electrons. The maximum atomic E-state index is 12.0. The molecule has 4 N–H and O–H groups in total. The van der Waals surface area contributed by atoms with Crippen LogP contribution in [0, 0.1) is 17.3 Å². The van der Waals surface area contributed by atoms with E-state index in [1.165, 1.54) is 6.42 Å². The van der Waals surface area contributed by atoms with E-state index in [0.29, 0.717) is 31.8 Å². The molecule has 1 rings (SSSR count). The Kier molecular flexibility index (Phi) is 10.0. The summed E-state index contributed by atoms with van der Waals surface area (Å²) in [5, 5.41) is 0. The number of hydrogen-bond acceptors (Lipinski definition) is 6. The monoisotopic (exact) mass is 356 g/mol. The van der Waals surface area contributed by atoms with Crippen molar-refractivity contribution >= 4 is 11.9 Å². The van der Waals surface area contributed by atoms with Crippen molar-refractivity contribution in [2.45, 2.75) is 65.2 Å². The van der Waals surface area contributed by atoms with Gasteiger partial charge >= 0.3 is 11.9 Å². The topological polar surface area (TPSA) is 105 Å². The Balaban J connectivity index is 2.21. The molecule has 25 heavy (non-hydrogen) atoms. The summed E-state index contributed by atoms with van der Waals surface area (Å²) in [5.41, 5.74) is 11.5. The van der Waals surface area contributed by atoms with Crippen molar-refractivity contribution in [3.63, 3.8) is 0 Å². The average Bonchev–Trinajstić information content (AvgIpc) is 2.58. The Labute approximate surface area is 152 Å². The first-order valence-electron chi connectivity index (χ1n) is 9.62. The highest BCUT2D eigenvalue weighted by molar-refractivity contribution is 5.71. The Morgan fingerprint density at radius 3 is 2.12 bits per heavy atom. The number of carbonyl (C=O) groups excluding carboxylic acids is 2. The van der Waals surface area contributed by atoms with Gasteiger partial charge in [0, 0.05) is 6.42 Å². The number of carbonyl (C=O) groups is 2. The standard InChI is InChI=1S/C19H36N2O4/c1-15(2)10-16(13-20)11-17(22)24-8-9-25-18(23)12-19(14-21)6-4-3-5-7-19/h15-16H,3-14,20-21H2,1-2H3/t16-/m0/s1. The molecule has 0 heterocycles. The van der Waals surface area contributed by atoms with E-state index in [-0.39, 0.29) is 36.5 Å². The van der Waals surface area contributed by atoms with Gasteiger partial charge in [-0.05, 0) is 49.6 Å². The molecule has 0 aliphatic heterocycles. The third kappa shape index (κ3) is 8.68. The van der Waals surface area contributed by atoms with Gasteiger partial charge in [0.05, 0.1) is 6.42 Å². The lowest BCUT2D eigenvalue weighted by Crippen LogP contribution is -2.35. The molecule has 0 aromatic carbocycles. The van der Waals surface area contributed by atoms with E-state index < -0.39 is 0 Å². The molecule has 0 saturated heterocycles. The lowest BCUT2D eigenvalue weighted by atomic mass is 9.72. The van der Waals surface area contributed by atoms with Crippen LogP contribution < -0.4 is 11.5 Å². The van der Waals surface area contributed by atoms with Crippen LogP contribution in [0.4, 0.5) is 0 Å². The first-order valence-corrected chi connectivity index (χ1v) is 9.62. The minimum Gasteiger partial charge on any atom is -0.462 e. The fourth-order valence-corrected chi connectivity index (χ4v) is 3.65. The smallest absolute Gasteiger partial charge is 0.306 e. The molecular formula is C19H36N2O4. The first kappa shape index (κ1) is 21.9. The summed E-state index contributed by atoms with van der Waals surface area (Å²) in [6.45, 7) is 5.40. The minimum atomic E-state index is -0.280. The normalized spacial score (nSPS) is 18.0. The molecule has 0 unspecified atom stereocenters. The van der Waals surface area contributed by atoms with Crippen molar-refractivity contribution in [2.75, 3.05) is 26.3 Å². The molecule has 0 aromatic rings. The highest BCUT2D eigenvalue weighted by Crippen LogP contribution is 2.38. The van der Waals surface area contributed by atoms with Gasteiger partial charge in [0.15, 0.2) is 0 Å². The Bertz CT molecular complexity index is 406. The maximum Gasteiger partial charge on any atom is 0.306 e. The zero-order valence-electron chi connectivity index (χ0n) is 15.9. The van der Waals surface area contributed by atoms with Crippen LogP contribution in [0.15, 0.2) is 0 Å². The van der Waals surface area contributed by atoms with E-state index in [4.69, 9.17) is 20.9 Å². The van der Waals surface area contributed by atoms with Gasteiger partial charge in [0.2, 0.25) is 0 Å². The van der Waals surface area contributed by atoms with Gasteiger partial charge in [-0.25, -0.2) is 0 Å². The molecule has 0 spiro atoms. The molecule has 6 heteroatoms. The number of rotatable bonds is 11. The summed E-state index contributed by atoms with van der Waals surface area (Å²) < 4.78 is 10.4. The SMILES string of the molecule is CC(C)C[C@H](CN)CC(=O)OCCOC(=O)CC1(CN)CCCCC1. The lowest BCUT2D eigenvalue weighted by molar-refractivity contribution is -0.154. The average molecular weight is 357 g/mol. The van der Waals surface area contributed by atoms with Crippen LogP contribution in [0.25, 0.3) is 0 Å². The van der Waals surface area contributed by atoms with Crippen LogP contribution in [0.2, 0.25) is 0 Å². The van der Waals surface area contributed by atoms with E-state index in [1.54, 1.807) is 0 Å². The van der Waals surface area contributed by atoms with E-state index in [9.17, 15) is 9.59 Å². The van der Waals surface area contributed by atoms with E-state index >= 15 is 0 Å². The van der Waals surface area contributed by atoms with Gasteiger partial charge in [-0.3, -0.25) is 9.59 Å². The molecule has 1 saturated carbocycles. The van der Waals surface area contributed by atoms with Gasteiger partial charge in [0.1, 0.15) is 13.2 Å². The quantitative estimate of drug-likeness (QED) is 0.435. The van der Waals surface area contributed by atoms with Crippen molar-refractivity contribution in [3.8, 4) is 0 Å². The highest BCUT2D eigenvalue weighted by Gasteiger charge is 2.33. The van der Waals surface area contributed by atoms with Gasteiger partial charge in [-0.1, -0.05) is 33.1 Å². The molecule has 1 aliphatic carbocycles. The van der Waals surface area contributed by atoms with Crippen molar-refractivity contribution < 1.29 is 19.1 Å². The molecule has 1 atom stereocenters. The summed E-state index contributed by atoms with van der Waals surface area (Å²) in [5.74, 6) is 0.114. The first-order chi connectivity index (χ1) is 11.9. The zero-order valence-corrected chi connectivity index (χ0v) is 15.9. The van der Waals surface area contributed by atoms with Crippen LogP contribution in [-0.2, 0) is 19.1 Å². The molecule has 0 bridgehead atoms. The molecule has 1 aliphatic rings. The van der Waals surface area contributed by atoms with Gasteiger partial charge in [-0.15, -0.1) is 0 Å². The van der Waals surface area contributed by atoms with Gasteiger partial charge in [-0.2, -0.15) is 0 Å². The van der Waals surface area contributed by atoms with Crippen LogP contribution in [0.3, 0.4) is 0 Å². The number of ether oxygens (including phenoxy) is 2. The van der Waals surface area contributed by atoms with E-state index in [2.05, 4.69) is 13.8 Å². The predicted octanol–water partition coefficient (Wildman–Crippen LogP) is 2.38. The number of nitrogens with two attached hydrogens (primary N) is 2. The summed E-state index contributed by atoms with van der Waals surface area (Å²) in [6.07, 6.45) is 7.03. The predicted molar refractivity (Wildman–Crippen MR) is 97.7 cm³/mol. The van der Waals surface area contributed by atoms with Crippen molar-refractivity contribution in [1.29, 1.82) is 0 Å². The van der Waals surface area contributed by atoms with Gasteiger partial charge in [0.25, 0.3) is 0 Å². The molecule has 6 nitrogen and oxygen atoms in total. The molecule has 0 amide bonds. The van der Waals surface area contributed by atoms with Crippen LogP contribution in [-0.4, -0.2) is 38.2 Å². The van der Waals surface area contributed by atoms with Crippen LogP contribution in [0.5, 0.6) is 0 Å². The maximum absolute atomic E-state index is 12.0. The Hall–Kier alpha value is -1.14. The van der Waals surface area contributed by atoms with Crippen molar-refractivity contribution in [3.05, 3.63) is 0 Å².